The first-order valence-corrected chi connectivity index (χ1v) is 22.5. The molecule has 0 bridgehead atoms. The van der Waals surface area contributed by atoms with Crippen LogP contribution < -0.4 is 20.1 Å². The zero-order valence-electron chi connectivity index (χ0n) is 32.9. The summed E-state index contributed by atoms with van der Waals surface area (Å²) in [6, 6.07) is 22.7. The van der Waals surface area contributed by atoms with Gasteiger partial charge in [-0.1, -0.05) is 79.0 Å². The van der Waals surface area contributed by atoms with Gasteiger partial charge in [0, 0.05) is 36.5 Å². The van der Waals surface area contributed by atoms with Crippen LogP contribution in [0.4, 0.5) is 11.4 Å². The van der Waals surface area contributed by atoms with Crippen molar-refractivity contribution in [1.82, 2.24) is 15.0 Å². The Morgan fingerprint density at radius 3 is 2.45 bits per heavy atom. The Morgan fingerprint density at radius 2 is 1.78 bits per heavy atom. The van der Waals surface area contributed by atoms with Crippen molar-refractivity contribution in [1.29, 1.82) is 0 Å². The minimum absolute atomic E-state index is 0.114. The molecule has 3 aliphatic heterocycles. The van der Waals surface area contributed by atoms with Crippen LogP contribution in [0.2, 0.25) is 18.6 Å². The third-order valence-corrected chi connectivity index (χ3v) is 16.6. The van der Waals surface area contributed by atoms with E-state index in [9.17, 15) is 35.1 Å². The lowest BCUT2D eigenvalue weighted by molar-refractivity contribution is -0.274. The van der Waals surface area contributed by atoms with Gasteiger partial charge in [0.1, 0.15) is 24.1 Å². The van der Waals surface area contributed by atoms with Crippen LogP contribution in [0.5, 0.6) is 5.75 Å². The highest BCUT2D eigenvalue weighted by Gasteiger charge is 2.66. The zero-order valence-corrected chi connectivity index (χ0v) is 33.9. The summed E-state index contributed by atoms with van der Waals surface area (Å²) in [5, 5.41) is 63.7. The molecule has 2 fully saturated rings. The van der Waals surface area contributed by atoms with E-state index >= 15 is 0 Å². The number of aryl methyl sites for hydroxylation is 1. The minimum Gasteiger partial charge on any atom is -0.497 e. The monoisotopic (exact) mass is 813 g/mol. The topological polar surface area (TPSA) is 209 Å². The number of fused-ring (bicyclic) bond motifs is 2. The Hall–Kier alpha value is -4.78. The van der Waals surface area contributed by atoms with E-state index in [1.165, 1.54) is 0 Å². The standard InChI is InChI=1S/C42H51N5O10Si/c1-6-19-47-32-17-12-26(43-39(52)37-35(50)34(49)36(51)40(53)56-37)21-30(32)42(41(47)54)24(2)38(58(4,5)28-15-13-27(55-3)14-16-28)33(57-42)18-20-46-22-31(44-45-46)29(23-48)25-10-8-7-9-11-25/h6-17,21-22,24,29,33-38,40,48-51,53H,1,18-20,23H2,2-5H3,(H,43,52)/t24-,29?,33+,34+,35+,36-,37+,38-,40-,42+/m1/s1. The largest absolute Gasteiger partial charge is 0.497 e. The second kappa shape index (κ2) is 16.5. The highest BCUT2D eigenvalue weighted by atomic mass is 28.3. The van der Waals surface area contributed by atoms with Gasteiger partial charge in [-0.05, 0) is 47.9 Å². The summed E-state index contributed by atoms with van der Waals surface area (Å²) >= 11 is 0. The number of anilines is 2. The predicted molar refractivity (Wildman–Crippen MR) is 216 cm³/mol. The van der Waals surface area contributed by atoms with Crippen LogP contribution >= 0.6 is 0 Å². The van der Waals surface area contributed by atoms with E-state index in [2.05, 4.69) is 47.4 Å². The molecule has 16 heteroatoms. The van der Waals surface area contributed by atoms with Crippen molar-refractivity contribution < 1.29 is 49.3 Å². The molecular weight excluding hydrogens is 763 g/mol. The average molecular weight is 814 g/mol. The average Bonchev–Trinajstić information content (AvgIpc) is 3.88. The lowest BCUT2D eigenvalue weighted by Gasteiger charge is -2.37. The van der Waals surface area contributed by atoms with Crippen molar-refractivity contribution in [2.45, 2.75) is 86.9 Å². The maximum Gasteiger partial charge on any atom is 0.264 e. The molecule has 4 aromatic rings. The van der Waals surface area contributed by atoms with Gasteiger partial charge in [-0.3, -0.25) is 14.3 Å². The first kappa shape index (κ1) is 41.4. The number of ether oxygens (including phenoxy) is 3. The number of rotatable bonds is 13. The lowest BCUT2D eigenvalue weighted by Crippen LogP contribution is -2.60. The van der Waals surface area contributed by atoms with Crippen molar-refractivity contribution in [3.63, 3.8) is 0 Å². The maximum absolute atomic E-state index is 15.0. The van der Waals surface area contributed by atoms with Crippen molar-refractivity contribution in [2.24, 2.45) is 5.92 Å². The molecule has 1 spiro atoms. The number of hydrogen-bond donors (Lipinski definition) is 6. The van der Waals surface area contributed by atoms with E-state index in [1.807, 2.05) is 55.6 Å². The van der Waals surface area contributed by atoms with Gasteiger partial charge in [0.15, 0.2) is 18.0 Å². The fraction of sp³-hybridized carbons (Fsp3) is 0.429. The van der Waals surface area contributed by atoms with Crippen LogP contribution in [0.25, 0.3) is 0 Å². The summed E-state index contributed by atoms with van der Waals surface area (Å²) in [7, 11) is -0.891. The van der Waals surface area contributed by atoms with Crippen LogP contribution in [0.15, 0.2) is 91.6 Å². The summed E-state index contributed by atoms with van der Waals surface area (Å²) in [5.74, 6) is -1.11. The molecule has 308 valence electrons. The number of carbonyl (C=O) groups is 2. The molecule has 1 unspecified atom stereocenters. The third-order valence-electron chi connectivity index (χ3n) is 12.2. The second-order valence-corrected chi connectivity index (χ2v) is 20.5. The van der Waals surface area contributed by atoms with Crippen LogP contribution in [-0.2, 0) is 31.2 Å². The molecule has 10 atom stereocenters. The highest BCUT2D eigenvalue weighted by molar-refractivity contribution is 6.91. The van der Waals surface area contributed by atoms with E-state index in [1.54, 1.807) is 41.0 Å². The summed E-state index contributed by atoms with van der Waals surface area (Å²) in [4.78, 5) is 30.0. The summed E-state index contributed by atoms with van der Waals surface area (Å²) in [6.45, 7) is 11.0. The Labute approximate surface area is 337 Å². The number of methoxy groups -OCH3 is 1. The van der Waals surface area contributed by atoms with Gasteiger partial charge >= 0.3 is 0 Å². The van der Waals surface area contributed by atoms with Gasteiger partial charge in [0.25, 0.3) is 11.8 Å². The molecule has 7 rings (SSSR count). The summed E-state index contributed by atoms with van der Waals surface area (Å²) in [6.07, 6.45) is -5.50. The first-order chi connectivity index (χ1) is 27.8. The molecule has 2 amide bonds. The molecular formula is C42H51N5O10Si. The number of aromatic nitrogens is 3. The number of nitrogens with one attached hydrogen (secondary N) is 1. The van der Waals surface area contributed by atoms with Crippen LogP contribution in [0.1, 0.15) is 36.1 Å². The number of amides is 2. The van der Waals surface area contributed by atoms with Crippen molar-refractivity contribution in [3.8, 4) is 5.75 Å². The van der Waals surface area contributed by atoms with Gasteiger partial charge in [-0.15, -0.1) is 11.7 Å². The van der Waals surface area contributed by atoms with Gasteiger partial charge in [-0.25, -0.2) is 0 Å². The Bertz CT molecular complexity index is 2120. The molecule has 58 heavy (non-hydrogen) atoms. The molecule has 6 N–H and O–H groups in total. The Balaban J connectivity index is 1.25. The number of aliphatic hydroxyl groups is 5. The molecule has 2 saturated heterocycles. The molecule has 1 aromatic heterocycles. The van der Waals surface area contributed by atoms with Crippen molar-refractivity contribution in [3.05, 3.63) is 108 Å². The zero-order chi connectivity index (χ0) is 41.5. The van der Waals surface area contributed by atoms with E-state index in [0.717, 1.165) is 16.5 Å². The minimum atomic E-state index is -2.51. The quantitative estimate of drug-likeness (QED) is 0.0847. The second-order valence-electron chi connectivity index (χ2n) is 15.8. The van der Waals surface area contributed by atoms with Gasteiger partial charge < -0.3 is 50.0 Å². The fourth-order valence-corrected chi connectivity index (χ4v) is 13.2. The smallest absolute Gasteiger partial charge is 0.264 e. The molecule has 0 saturated carbocycles. The first-order valence-electron chi connectivity index (χ1n) is 19.4. The van der Waals surface area contributed by atoms with Crippen molar-refractivity contribution >= 4 is 36.4 Å². The third kappa shape index (κ3) is 7.17. The molecule has 0 radical (unpaired) electrons. The van der Waals surface area contributed by atoms with Crippen LogP contribution in [0, 0.1) is 5.92 Å². The highest BCUT2D eigenvalue weighted by Crippen LogP contribution is 2.60. The lowest BCUT2D eigenvalue weighted by atomic mass is 9.82. The molecule has 0 aliphatic carbocycles. The van der Waals surface area contributed by atoms with E-state index < -0.39 is 56.4 Å². The van der Waals surface area contributed by atoms with Gasteiger partial charge in [-0.2, -0.15) is 0 Å². The number of nitrogens with zero attached hydrogens (tertiary/aromatic N) is 4. The Morgan fingerprint density at radius 1 is 1.05 bits per heavy atom. The SMILES string of the molecule is C=CCN1C(=O)[C@@]2(O[C@@H](CCn3cc(C(CO)c4ccccc4)nn3)[C@H]([Si](C)(C)c3ccc(OC)cc3)[C@H]2C)c2cc(NC(=O)[C@H]3O[C@@H](O)[C@H](O)[C@@H](O)[C@@H]3O)ccc21. The van der Waals surface area contributed by atoms with Crippen molar-refractivity contribution in [2.75, 3.05) is 30.5 Å². The molecule has 3 aromatic carbocycles. The normalized spacial score (nSPS) is 28.7. The van der Waals surface area contributed by atoms with E-state index in [4.69, 9.17) is 14.2 Å². The van der Waals surface area contributed by atoms with Gasteiger partial charge in [0.05, 0.1) is 45.2 Å². The fourth-order valence-electron chi connectivity index (χ4n) is 9.16. The van der Waals surface area contributed by atoms with E-state index in [0.29, 0.717) is 29.9 Å². The number of benzene rings is 3. The molecule has 15 nitrogen and oxygen atoms in total. The van der Waals surface area contributed by atoms with Crippen LogP contribution in [0.3, 0.4) is 0 Å². The predicted octanol–water partition coefficient (Wildman–Crippen LogP) is 1.99. The number of aliphatic hydroxyl groups excluding tert-OH is 5. The molecule has 4 heterocycles. The van der Waals surface area contributed by atoms with Gasteiger partial charge in [0.2, 0.25) is 0 Å². The summed E-state index contributed by atoms with van der Waals surface area (Å²) in [5.41, 5.74) is 1.39. The number of hydrogen-bond acceptors (Lipinski definition) is 12. The van der Waals surface area contributed by atoms with E-state index in [-0.39, 0.29) is 42.1 Å². The van der Waals surface area contributed by atoms with Crippen LogP contribution in [-0.4, -0.2) is 117 Å². The summed E-state index contributed by atoms with van der Waals surface area (Å²) < 4.78 is 19.6. The Kier molecular flexibility index (Phi) is 11.7. The maximum atomic E-state index is 15.0. The number of carbonyl (C=O) groups excluding carboxylic acids is 2. The molecule has 3 aliphatic rings.